The molecule has 3 rings (SSSR count). The molecule has 1 saturated carbocycles. The highest BCUT2D eigenvalue weighted by Gasteiger charge is 2.22. The lowest BCUT2D eigenvalue weighted by Gasteiger charge is -2.22. The summed E-state index contributed by atoms with van der Waals surface area (Å²) in [5.41, 5.74) is 1.78. The monoisotopic (exact) mass is 259 g/mol. The van der Waals surface area contributed by atoms with Gasteiger partial charge in [-0.2, -0.15) is 0 Å². The van der Waals surface area contributed by atoms with Crippen molar-refractivity contribution in [1.82, 2.24) is 15.6 Å². The maximum absolute atomic E-state index is 11.9. The molecule has 0 spiro atoms. The highest BCUT2D eigenvalue weighted by atomic mass is 16.1. The Bertz CT molecular complexity index is 433. The number of aromatic nitrogens is 1. The minimum Gasteiger partial charge on any atom is -0.352 e. The molecule has 1 saturated heterocycles. The van der Waals surface area contributed by atoms with Gasteiger partial charge in [-0.1, -0.05) is 0 Å². The van der Waals surface area contributed by atoms with Gasteiger partial charge in [0.05, 0.1) is 5.56 Å². The van der Waals surface area contributed by atoms with Crippen molar-refractivity contribution in [3.05, 3.63) is 29.6 Å². The molecule has 1 aliphatic heterocycles. The predicted molar refractivity (Wildman–Crippen MR) is 74.1 cm³/mol. The van der Waals surface area contributed by atoms with Crippen molar-refractivity contribution in [3.8, 4) is 0 Å². The van der Waals surface area contributed by atoms with Crippen molar-refractivity contribution in [2.24, 2.45) is 5.92 Å². The topological polar surface area (TPSA) is 54.0 Å². The van der Waals surface area contributed by atoms with Gasteiger partial charge in [0, 0.05) is 30.9 Å². The molecule has 2 N–H and O–H groups in total. The zero-order valence-corrected chi connectivity index (χ0v) is 11.2. The van der Waals surface area contributed by atoms with Crippen LogP contribution in [0.4, 0.5) is 0 Å². The summed E-state index contributed by atoms with van der Waals surface area (Å²) in [6.45, 7) is 2.92. The van der Waals surface area contributed by atoms with E-state index in [0.717, 1.165) is 25.3 Å². The van der Waals surface area contributed by atoms with Gasteiger partial charge in [0.1, 0.15) is 0 Å². The van der Waals surface area contributed by atoms with Gasteiger partial charge in [0.15, 0.2) is 0 Å². The molecule has 1 amide bonds. The van der Waals surface area contributed by atoms with Crippen LogP contribution < -0.4 is 10.6 Å². The fourth-order valence-corrected chi connectivity index (χ4v) is 2.55. The van der Waals surface area contributed by atoms with Crippen molar-refractivity contribution in [1.29, 1.82) is 0 Å². The van der Waals surface area contributed by atoms with Gasteiger partial charge < -0.3 is 10.6 Å². The first-order chi connectivity index (χ1) is 9.33. The van der Waals surface area contributed by atoms with Crippen molar-refractivity contribution in [2.45, 2.75) is 31.6 Å². The van der Waals surface area contributed by atoms with Gasteiger partial charge in [-0.05, 0) is 50.3 Å². The third-order valence-corrected chi connectivity index (χ3v) is 4.01. The molecule has 0 radical (unpaired) electrons. The van der Waals surface area contributed by atoms with E-state index in [-0.39, 0.29) is 5.91 Å². The van der Waals surface area contributed by atoms with Gasteiger partial charge >= 0.3 is 0 Å². The largest absolute Gasteiger partial charge is 0.352 e. The third kappa shape index (κ3) is 3.32. The predicted octanol–water partition coefficient (Wildman–Crippen LogP) is 1.69. The molecule has 1 aliphatic carbocycles. The van der Waals surface area contributed by atoms with Gasteiger partial charge in [-0.25, -0.2) is 0 Å². The standard InChI is InChI=1S/C15H21N3O/c19-15(18-8-11-3-4-11)13-5-6-14(17-10-13)12-2-1-7-16-9-12/h5-6,10-12,16H,1-4,7-9H2,(H,18,19). The molecule has 2 heterocycles. The van der Waals surface area contributed by atoms with E-state index in [0.29, 0.717) is 17.4 Å². The maximum atomic E-state index is 11.9. The highest BCUT2D eigenvalue weighted by Crippen LogP contribution is 2.27. The molecule has 1 aromatic rings. The molecule has 0 bridgehead atoms. The Kier molecular flexibility index (Phi) is 3.78. The van der Waals surface area contributed by atoms with E-state index in [4.69, 9.17) is 0 Å². The zero-order valence-electron chi connectivity index (χ0n) is 11.2. The van der Waals surface area contributed by atoms with Gasteiger partial charge in [-0.3, -0.25) is 9.78 Å². The van der Waals surface area contributed by atoms with Crippen molar-refractivity contribution in [2.75, 3.05) is 19.6 Å². The fraction of sp³-hybridized carbons (Fsp3) is 0.600. The summed E-state index contributed by atoms with van der Waals surface area (Å²) in [5.74, 6) is 1.22. The number of pyridine rings is 1. The van der Waals surface area contributed by atoms with Crippen LogP contribution in [0.3, 0.4) is 0 Å². The molecule has 1 aromatic heterocycles. The number of carbonyl (C=O) groups is 1. The first-order valence-corrected chi connectivity index (χ1v) is 7.28. The minimum atomic E-state index is 0.00715. The Hall–Kier alpha value is -1.42. The smallest absolute Gasteiger partial charge is 0.252 e. The lowest BCUT2D eigenvalue weighted by Crippen LogP contribution is -2.29. The minimum absolute atomic E-state index is 0.00715. The molecule has 19 heavy (non-hydrogen) atoms. The Morgan fingerprint density at radius 2 is 2.26 bits per heavy atom. The van der Waals surface area contributed by atoms with Crippen LogP contribution in [0.25, 0.3) is 0 Å². The van der Waals surface area contributed by atoms with Crippen LogP contribution >= 0.6 is 0 Å². The molecule has 2 fully saturated rings. The molecule has 0 aromatic carbocycles. The summed E-state index contributed by atoms with van der Waals surface area (Å²) >= 11 is 0. The van der Waals surface area contributed by atoms with Crippen LogP contribution in [0.1, 0.15) is 47.7 Å². The summed E-state index contributed by atoms with van der Waals surface area (Å²) < 4.78 is 0. The Labute approximate surface area is 114 Å². The second-order valence-corrected chi connectivity index (χ2v) is 5.67. The normalized spacial score (nSPS) is 23.1. The molecule has 1 atom stereocenters. The third-order valence-electron chi connectivity index (χ3n) is 4.01. The molecular weight excluding hydrogens is 238 g/mol. The molecule has 2 aliphatic rings. The second-order valence-electron chi connectivity index (χ2n) is 5.67. The number of nitrogens with zero attached hydrogens (tertiary/aromatic N) is 1. The van der Waals surface area contributed by atoms with E-state index in [1.54, 1.807) is 6.20 Å². The summed E-state index contributed by atoms with van der Waals surface area (Å²) in [6.07, 6.45) is 6.62. The van der Waals surface area contributed by atoms with E-state index >= 15 is 0 Å². The Morgan fingerprint density at radius 3 is 2.89 bits per heavy atom. The fourth-order valence-electron chi connectivity index (χ4n) is 2.55. The van der Waals surface area contributed by atoms with Crippen LogP contribution in [0, 0.1) is 5.92 Å². The average Bonchev–Trinajstić information content (AvgIpc) is 3.30. The van der Waals surface area contributed by atoms with Crippen LogP contribution in [0.15, 0.2) is 18.3 Å². The van der Waals surface area contributed by atoms with Gasteiger partial charge in [0.2, 0.25) is 0 Å². The lowest BCUT2D eigenvalue weighted by atomic mass is 9.95. The van der Waals surface area contributed by atoms with Crippen molar-refractivity contribution in [3.63, 3.8) is 0 Å². The molecular formula is C15H21N3O. The number of hydrogen-bond acceptors (Lipinski definition) is 3. The van der Waals surface area contributed by atoms with Crippen molar-refractivity contribution < 1.29 is 4.79 Å². The lowest BCUT2D eigenvalue weighted by molar-refractivity contribution is 0.0951. The second kappa shape index (κ2) is 5.70. The first kappa shape index (κ1) is 12.6. The SMILES string of the molecule is O=C(NCC1CC1)c1ccc(C2CCCNC2)nc1. The molecule has 102 valence electrons. The summed E-state index contributed by atoms with van der Waals surface area (Å²) in [6, 6.07) is 3.91. The van der Waals surface area contributed by atoms with Crippen LogP contribution in [0.5, 0.6) is 0 Å². The van der Waals surface area contributed by atoms with Crippen LogP contribution in [-0.4, -0.2) is 30.5 Å². The summed E-state index contributed by atoms with van der Waals surface area (Å²) in [7, 11) is 0. The number of carbonyl (C=O) groups excluding carboxylic acids is 1. The quantitative estimate of drug-likeness (QED) is 0.865. The Balaban J connectivity index is 1.58. The van der Waals surface area contributed by atoms with E-state index < -0.39 is 0 Å². The van der Waals surface area contributed by atoms with E-state index in [1.165, 1.54) is 25.7 Å². The first-order valence-electron chi connectivity index (χ1n) is 7.28. The van der Waals surface area contributed by atoms with Crippen LogP contribution in [-0.2, 0) is 0 Å². The van der Waals surface area contributed by atoms with E-state index in [1.807, 2.05) is 12.1 Å². The summed E-state index contributed by atoms with van der Waals surface area (Å²) in [5, 5.41) is 6.36. The highest BCUT2D eigenvalue weighted by molar-refractivity contribution is 5.93. The number of amides is 1. The number of nitrogens with one attached hydrogen (secondary N) is 2. The number of hydrogen-bond donors (Lipinski definition) is 2. The average molecular weight is 259 g/mol. The Morgan fingerprint density at radius 1 is 1.37 bits per heavy atom. The summed E-state index contributed by atoms with van der Waals surface area (Å²) in [4.78, 5) is 16.4. The number of piperidine rings is 1. The zero-order chi connectivity index (χ0) is 13.1. The van der Waals surface area contributed by atoms with Gasteiger partial charge in [0.25, 0.3) is 5.91 Å². The number of rotatable bonds is 4. The maximum Gasteiger partial charge on any atom is 0.252 e. The molecule has 1 unspecified atom stereocenters. The van der Waals surface area contributed by atoms with Gasteiger partial charge in [-0.15, -0.1) is 0 Å². The van der Waals surface area contributed by atoms with Crippen LogP contribution in [0.2, 0.25) is 0 Å². The van der Waals surface area contributed by atoms with E-state index in [9.17, 15) is 4.79 Å². The van der Waals surface area contributed by atoms with E-state index in [2.05, 4.69) is 15.6 Å². The molecule has 4 heteroatoms. The van der Waals surface area contributed by atoms with Crippen molar-refractivity contribution >= 4 is 5.91 Å². The molecule has 4 nitrogen and oxygen atoms in total.